The highest BCUT2D eigenvalue weighted by Gasteiger charge is 2.46. The lowest BCUT2D eigenvalue weighted by atomic mass is 9.80. The number of carbonyl (C=O) groups is 1. The van der Waals surface area contributed by atoms with Crippen LogP contribution in [0.25, 0.3) is 6.08 Å². The van der Waals surface area contributed by atoms with Gasteiger partial charge >= 0.3 is 0 Å². The maximum absolute atomic E-state index is 13.2. The molecule has 0 radical (unpaired) electrons. The lowest BCUT2D eigenvalue weighted by Gasteiger charge is -2.45. The Morgan fingerprint density at radius 2 is 1.81 bits per heavy atom. The number of fused-ring (bicyclic) bond motifs is 1. The average Bonchev–Trinajstić information content (AvgIpc) is 2.82. The minimum absolute atomic E-state index is 0.200. The maximum Gasteiger partial charge on any atom is 0.241 e. The summed E-state index contributed by atoms with van der Waals surface area (Å²) in [6, 6.07) is 18.9. The summed E-state index contributed by atoms with van der Waals surface area (Å²) in [7, 11) is 0. The van der Waals surface area contributed by atoms with E-state index in [1.807, 2.05) is 6.07 Å². The third-order valence-electron chi connectivity index (χ3n) is 5.99. The fraction of sp³-hybridized carbons (Fsp3) is 0.375. The first kappa shape index (κ1) is 18.0. The molecule has 1 fully saturated rings. The second-order valence-electron chi connectivity index (χ2n) is 7.94. The fourth-order valence-corrected chi connectivity index (χ4v) is 4.60. The summed E-state index contributed by atoms with van der Waals surface area (Å²) < 4.78 is 0. The van der Waals surface area contributed by atoms with E-state index >= 15 is 0 Å². The van der Waals surface area contributed by atoms with Gasteiger partial charge in [0.25, 0.3) is 0 Å². The average molecular weight is 361 g/mol. The molecule has 3 nitrogen and oxygen atoms in total. The summed E-state index contributed by atoms with van der Waals surface area (Å²) >= 11 is 0. The van der Waals surface area contributed by atoms with E-state index in [-0.39, 0.29) is 5.91 Å². The highest BCUT2D eigenvalue weighted by atomic mass is 16.2. The van der Waals surface area contributed by atoms with Gasteiger partial charge in [0, 0.05) is 19.5 Å². The van der Waals surface area contributed by atoms with E-state index in [4.69, 9.17) is 0 Å². The zero-order valence-electron chi connectivity index (χ0n) is 16.1. The molecule has 140 valence electrons. The number of hydrogen-bond donors (Lipinski definition) is 1. The number of carbonyl (C=O) groups excluding carboxylic acids is 1. The Bertz CT molecular complexity index is 842. The highest BCUT2D eigenvalue weighted by Crippen LogP contribution is 2.35. The number of amides is 1. The molecule has 0 aromatic heterocycles. The minimum Gasteiger partial charge on any atom is -0.350 e. The molecule has 1 N–H and O–H groups in total. The summed E-state index contributed by atoms with van der Waals surface area (Å²) in [5, 5.41) is 3.21. The van der Waals surface area contributed by atoms with Gasteiger partial charge in [-0.05, 0) is 49.4 Å². The Morgan fingerprint density at radius 3 is 2.63 bits per heavy atom. The molecular formula is C24H28N2O. The standard InChI is InChI=1S/C24H28N2O/c1-19(15-20-9-3-2-4-10-20)18-26-14-8-7-13-24(26)16-21-11-5-6-12-22(21)17-25-23(24)27/h2-6,9-12,15H,7-8,13-14,16-18H2,1H3,(H,25,27)/b19-15+. The first-order chi connectivity index (χ1) is 13.2. The van der Waals surface area contributed by atoms with Gasteiger partial charge in [0.1, 0.15) is 5.54 Å². The molecule has 2 aromatic carbocycles. The Labute approximate surface area is 162 Å². The molecule has 1 amide bonds. The Kier molecular flexibility index (Phi) is 5.13. The van der Waals surface area contributed by atoms with Gasteiger partial charge in [-0.3, -0.25) is 9.69 Å². The molecule has 1 unspecified atom stereocenters. The van der Waals surface area contributed by atoms with Gasteiger partial charge in [-0.15, -0.1) is 0 Å². The number of hydrogen-bond acceptors (Lipinski definition) is 2. The topological polar surface area (TPSA) is 32.3 Å². The minimum atomic E-state index is -0.420. The summed E-state index contributed by atoms with van der Waals surface area (Å²) in [5.74, 6) is 0.200. The van der Waals surface area contributed by atoms with Crippen molar-refractivity contribution in [2.24, 2.45) is 0 Å². The van der Waals surface area contributed by atoms with Crippen molar-refractivity contribution < 1.29 is 4.79 Å². The second-order valence-corrected chi connectivity index (χ2v) is 7.94. The van der Waals surface area contributed by atoms with E-state index in [2.05, 4.69) is 71.7 Å². The summed E-state index contributed by atoms with van der Waals surface area (Å²) in [6.07, 6.45) is 6.27. The predicted molar refractivity (Wildman–Crippen MR) is 110 cm³/mol. The van der Waals surface area contributed by atoms with E-state index in [1.54, 1.807) is 0 Å². The van der Waals surface area contributed by atoms with Crippen LogP contribution in [0.15, 0.2) is 60.2 Å². The van der Waals surface area contributed by atoms with Crippen LogP contribution in [-0.4, -0.2) is 29.4 Å². The summed E-state index contributed by atoms with van der Waals surface area (Å²) in [6.45, 7) is 4.64. The first-order valence-corrected chi connectivity index (χ1v) is 10.00. The number of nitrogens with zero attached hydrogens (tertiary/aromatic N) is 1. The van der Waals surface area contributed by atoms with Crippen molar-refractivity contribution in [3.8, 4) is 0 Å². The zero-order valence-corrected chi connectivity index (χ0v) is 16.1. The molecule has 0 bridgehead atoms. The van der Waals surface area contributed by atoms with Crippen molar-refractivity contribution >= 4 is 12.0 Å². The van der Waals surface area contributed by atoms with Gasteiger partial charge in [0.05, 0.1) is 0 Å². The third-order valence-corrected chi connectivity index (χ3v) is 5.99. The van der Waals surface area contributed by atoms with Crippen LogP contribution in [-0.2, 0) is 17.8 Å². The van der Waals surface area contributed by atoms with Crippen molar-refractivity contribution in [3.63, 3.8) is 0 Å². The molecule has 4 rings (SSSR count). The summed E-state index contributed by atoms with van der Waals surface area (Å²) in [5.41, 5.74) is 4.66. The van der Waals surface area contributed by atoms with Crippen LogP contribution in [0.5, 0.6) is 0 Å². The van der Waals surface area contributed by atoms with Crippen molar-refractivity contribution in [1.82, 2.24) is 10.2 Å². The van der Waals surface area contributed by atoms with Crippen LogP contribution in [0.4, 0.5) is 0 Å². The van der Waals surface area contributed by atoms with E-state index in [9.17, 15) is 4.79 Å². The zero-order chi connectivity index (χ0) is 18.7. The Balaban J connectivity index is 1.63. The van der Waals surface area contributed by atoms with Crippen LogP contribution >= 0.6 is 0 Å². The molecule has 0 saturated carbocycles. The van der Waals surface area contributed by atoms with Gasteiger partial charge in [-0.2, -0.15) is 0 Å². The third kappa shape index (κ3) is 3.70. The second kappa shape index (κ2) is 7.69. The molecule has 0 aliphatic carbocycles. The van der Waals surface area contributed by atoms with E-state index in [0.717, 1.165) is 38.8 Å². The molecule has 3 heteroatoms. The smallest absolute Gasteiger partial charge is 0.241 e. The number of rotatable bonds is 3. The molecule has 1 spiro atoms. The SMILES string of the molecule is C/C(=C\c1ccccc1)CN1CCCCC12Cc1ccccc1CNC2=O. The van der Waals surface area contributed by atoms with Crippen LogP contribution in [0.2, 0.25) is 0 Å². The molecule has 1 saturated heterocycles. The first-order valence-electron chi connectivity index (χ1n) is 10.00. The van der Waals surface area contributed by atoms with Crippen LogP contribution in [0.3, 0.4) is 0 Å². The van der Waals surface area contributed by atoms with Gasteiger partial charge < -0.3 is 5.32 Å². The van der Waals surface area contributed by atoms with Crippen LogP contribution in [0, 0.1) is 0 Å². The number of piperidine rings is 1. The number of likely N-dealkylation sites (tertiary alicyclic amines) is 1. The summed E-state index contributed by atoms with van der Waals surface area (Å²) in [4.78, 5) is 15.7. The normalized spacial score (nSPS) is 23.6. The molecular weight excluding hydrogens is 332 g/mol. The predicted octanol–water partition coefficient (Wildman–Crippen LogP) is 4.19. The quantitative estimate of drug-likeness (QED) is 0.890. The fourth-order valence-electron chi connectivity index (χ4n) is 4.60. The van der Waals surface area contributed by atoms with Crippen molar-refractivity contribution in [1.29, 1.82) is 0 Å². The van der Waals surface area contributed by atoms with Crippen molar-refractivity contribution in [2.45, 2.75) is 44.7 Å². The Morgan fingerprint density at radius 1 is 1.07 bits per heavy atom. The van der Waals surface area contributed by atoms with E-state index < -0.39 is 5.54 Å². The Hall–Kier alpha value is -2.39. The number of benzene rings is 2. The van der Waals surface area contributed by atoms with E-state index in [1.165, 1.54) is 22.3 Å². The maximum atomic E-state index is 13.2. The van der Waals surface area contributed by atoms with Crippen LogP contribution < -0.4 is 5.32 Å². The van der Waals surface area contributed by atoms with Gasteiger partial charge in [-0.1, -0.05) is 66.2 Å². The van der Waals surface area contributed by atoms with Gasteiger partial charge in [0.15, 0.2) is 0 Å². The lowest BCUT2D eigenvalue weighted by Crippen LogP contribution is -2.61. The molecule has 2 heterocycles. The molecule has 2 aliphatic heterocycles. The van der Waals surface area contributed by atoms with Gasteiger partial charge in [0.2, 0.25) is 5.91 Å². The monoisotopic (exact) mass is 360 g/mol. The molecule has 1 atom stereocenters. The lowest BCUT2D eigenvalue weighted by molar-refractivity contribution is -0.135. The highest BCUT2D eigenvalue weighted by molar-refractivity contribution is 5.87. The van der Waals surface area contributed by atoms with Crippen LogP contribution in [0.1, 0.15) is 42.9 Å². The molecule has 27 heavy (non-hydrogen) atoms. The van der Waals surface area contributed by atoms with Crippen molar-refractivity contribution in [2.75, 3.05) is 13.1 Å². The number of nitrogens with one attached hydrogen (secondary N) is 1. The van der Waals surface area contributed by atoms with Crippen molar-refractivity contribution in [3.05, 3.63) is 76.9 Å². The largest absolute Gasteiger partial charge is 0.350 e. The van der Waals surface area contributed by atoms with E-state index in [0.29, 0.717) is 6.54 Å². The molecule has 2 aromatic rings. The van der Waals surface area contributed by atoms with Gasteiger partial charge in [-0.25, -0.2) is 0 Å². The molecule has 2 aliphatic rings.